The van der Waals surface area contributed by atoms with Crippen molar-refractivity contribution in [2.75, 3.05) is 19.0 Å². The topological polar surface area (TPSA) is 76.5 Å². The third-order valence-electron chi connectivity index (χ3n) is 4.11. The number of anilines is 1. The summed E-state index contributed by atoms with van der Waals surface area (Å²) < 4.78 is 18.5. The minimum Gasteiger partial charge on any atom is -0.494 e. The number of amidine groups is 1. The predicted molar refractivity (Wildman–Crippen MR) is 101 cm³/mol. The van der Waals surface area contributed by atoms with Crippen molar-refractivity contribution in [1.29, 1.82) is 0 Å². The Hall–Kier alpha value is -3.61. The minimum atomic E-state index is -0.416. The molecule has 0 saturated heterocycles. The van der Waals surface area contributed by atoms with Gasteiger partial charge in [-0.1, -0.05) is 12.1 Å². The van der Waals surface area contributed by atoms with E-state index in [4.69, 9.17) is 4.74 Å². The van der Waals surface area contributed by atoms with Crippen molar-refractivity contribution in [2.24, 2.45) is 4.99 Å². The van der Waals surface area contributed by atoms with Crippen LogP contribution in [0.3, 0.4) is 0 Å². The molecule has 0 radical (unpaired) electrons. The van der Waals surface area contributed by atoms with Crippen LogP contribution in [-0.4, -0.2) is 35.2 Å². The molecule has 7 heteroatoms. The van der Waals surface area contributed by atoms with Crippen LogP contribution >= 0.6 is 0 Å². The number of carbonyl (C=O) groups is 1. The highest BCUT2D eigenvalue weighted by Crippen LogP contribution is 2.29. The lowest BCUT2D eigenvalue weighted by Gasteiger charge is -2.12. The van der Waals surface area contributed by atoms with Crippen molar-refractivity contribution in [3.8, 4) is 5.75 Å². The van der Waals surface area contributed by atoms with Crippen LogP contribution < -0.4 is 10.1 Å². The standard InChI is InChI=1S/C20H15FN4O2/c1-27-15-5-2-4-14-17(15)24-20(18(26)12-7-9-13(21)10-8-12)25-19(14)23-16-6-3-11-22-16/h2-10H,11H2,1H3,(H,22,23,24,25). The molecule has 0 bridgehead atoms. The first kappa shape index (κ1) is 16.8. The molecular weight excluding hydrogens is 347 g/mol. The molecule has 0 aliphatic carbocycles. The van der Waals surface area contributed by atoms with Gasteiger partial charge in [-0.3, -0.25) is 9.79 Å². The van der Waals surface area contributed by atoms with E-state index in [0.717, 1.165) is 0 Å². The molecule has 0 unspecified atom stereocenters. The lowest BCUT2D eigenvalue weighted by atomic mass is 10.1. The molecule has 27 heavy (non-hydrogen) atoms. The lowest BCUT2D eigenvalue weighted by Crippen LogP contribution is -2.14. The van der Waals surface area contributed by atoms with Gasteiger partial charge in [0.25, 0.3) is 0 Å². The molecule has 0 atom stereocenters. The molecule has 1 aliphatic heterocycles. The predicted octanol–water partition coefficient (Wildman–Crippen LogP) is 3.39. The second kappa shape index (κ2) is 6.95. The van der Waals surface area contributed by atoms with E-state index in [-0.39, 0.29) is 5.82 Å². The Labute approximate surface area is 154 Å². The van der Waals surface area contributed by atoms with Gasteiger partial charge in [-0.05, 0) is 42.5 Å². The number of ether oxygens (including phenoxy) is 1. The largest absolute Gasteiger partial charge is 0.494 e. The zero-order chi connectivity index (χ0) is 18.8. The smallest absolute Gasteiger partial charge is 0.230 e. The van der Waals surface area contributed by atoms with Crippen LogP contribution in [0.25, 0.3) is 10.9 Å². The van der Waals surface area contributed by atoms with Crippen LogP contribution in [0.1, 0.15) is 16.2 Å². The number of ketones is 1. The molecule has 1 aromatic heterocycles. The van der Waals surface area contributed by atoms with Gasteiger partial charge in [0.15, 0.2) is 0 Å². The summed E-state index contributed by atoms with van der Waals surface area (Å²) in [5, 5.41) is 3.84. The summed E-state index contributed by atoms with van der Waals surface area (Å²) in [6.07, 6.45) is 3.76. The molecular formula is C20H15FN4O2. The Kier molecular flexibility index (Phi) is 4.33. The Morgan fingerprint density at radius 3 is 2.67 bits per heavy atom. The number of methoxy groups -OCH3 is 1. The highest BCUT2D eigenvalue weighted by atomic mass is 19.1. The molecule has 1 N–H and O–H groups in total. The van der Waals surface area contributed by atoms with E-state index in [0.29, 0.717) is 40.4 Å². The quantitative estimate of drug-likeness (QED) is 0.720. The first-order valence-electron chi connectivity index (χ1n) is 8.29. The lowest BCUT2D eigenvalue weighted by molar-refractivity contribution is 0.103. The molecule has 134 valence electrons. The number of aromatic nitrogens is 2. The van der Waals surface area contributed by atoms with E-state index >= 15 is 0 Å². The van der Waals surface area contributed by atoms with Crippen molar-refractivity contribution in [3.63, 3.8) is 0 Å². The Bertz CT molecular complexity index is 1090. The van der Waals surface area contributed by atoms with Crippen LogP contribution in [0.4, 0.5) is 10.2 Å². The average Bonchev–Trinajstić information content (AvgIpc) is 3.20. The maximum atomic E-state index is 13.2. The monoisotopic (exact) mass is 362 g/mol. The molecule has 0 saturated carbocycles. The Balaban J connectivity index is 1.86. The van der Waals surface area contributed by atoms with E-state index in [1.165, 1.54) is 31.4 Å². The van der Waals surface area contributed by atoms with Crippen molar-refractivity contribution in [2.45, 2.75) is 0 Å². The minimum absolute atomic E-state index is 0.0105. The third-order valence-corrected chi connectivity index (χ3v) is 4.11. The number of hydrogen-bond acceptors (Lipinski definition) is 6. The first-order valence-corrected chi connectivity index (χ1v) is 8.29. The maximum Gasteiger partial charge on any atom is 0.230 e. The van der Waals surface area contributed by atoms with Gasteiger partial charge in [0.05, 0.1) is 13.7 Å². The third kappa shape index (κ3) is 3.27. The fourth-order valence-corrected chi connectivity index (χ4v) is 2.79. The second-order valence-corrected chi connectivity index (χ2v) is 5.84. The van der Waals surface area contributed by atoms with Gasteiger partial charge >= 0.3 is 0 Å². The average molecular weight is 362 g/mol. The van der Waals surface area contributed by atoms with Crippen LogP contribution in [0.2, 0.25) is 0 Å². The zero-order valence-corrected chi connectivity index (χ0v) is 14.4. The zero-order valence-electron chi connectivity index (χ0n) is 14.4. The van der Waals surface area contributed by atoms with E-state index in [1.807, 2.05) is 24.3 Å². The normalized spacial score (nSPS) is 12.9. The van der Waals surface area contributed by atoms with Gasteiger partial charge < -0.3 is 10.1 Å². The van der Waals surface area contributed by atoms with Gasteiger partial charge in [-0.15, -0.1) is 0 Å². The highest BCUT2D eigenvalue weighted by molar-refractivity contribution is 6.11. The van der Waals surface area contributed by atoms with E-state index in [1.54, 1.807) is 6.07 Å². The van der Waals surface area contributed by atoms with Crippen molar-refractivity contribution in [3.05, 3.63) is 71.8 Å². The first-order chi connectivity index (χ1) is 13.2. The Morgan fingerprint density at radius 2 is 1.96 bits per heavy atom. The molecule has 0 fully saturated rings. The summed E-state index contributed by atoms with van der Waals surface area (Å²) in [4.78, 5) is 25.9. The Morgan fingerprint density at radius 1 is 1.15 bits per heavy atom. The van der Waals surface area contributed by atoms with Crippen molar-refractivity contribution < 1.29 is 13.9 Å². The SMILES string of the molecule is COc1cccc2c(NC3=NCC=C3)nc(C(=O)c3ccc(F)cc3)nc12. The molecule has 3 aromatic rings. The molecule has 1 aliphatic rings. The van der Waals surface area contributed by atoms with E-state index in [2.05, 4.69) is 20.3 Å². The van der Waals surface area contributed by atoms with Crippen LogP contribution in [0, 0.1) is 5.82 Å². The van der Waals surface area contributed by atoms with Gasteiger partial charge in [0.2, 0.25) is 11.6 Å². The summed E-state index contributed by atoms with van der Waals surface area (Å²) in [6.45, 7) is 0.593. The number of aliphatic imine (C=N–C) groups is 1. The van der Waals surface area contributed by atoms with Crippen molar-refractivity contribution in [1.82, 2.24) is 9.97 Å². The number of halogens is 1. The van der Waals surface area contributed by atoms with Crippen LogP contribution in [-0.2, 0) is 0 Å². The van der Waals surface area contributed by atoms with Gasteiger partial charge in [0, 0.05) is 10.9 Å². The molecule has 0 spiro atoms. The summed E-state index contributed by atoms with van der Waals surface area (Å²) in [5.41, 5.74) is 0.806. The number of nitrogens with zero attached hydrogens (tertiary/aromatic N) is 3. The number of carbonyl (C=O) groups excluding carboxylic acids is 1. The summed E-state index contributed by atoms with van der Waals surface area (Å²) in [7, 11) is 1.54. The van der Waals surface area contributed by atoms with E-state index in [9.17, 15) is 9.18 Å². The molecule has 0 amide bonds. The molecule has 2 heterocycles. The fraction of sp³-hybridized carbons (Fsp3) is 0.100. The summed E-state index contributed by atoms with van der Waals surface area (Å²) in [6, 6.07) is 10.7. The molecule has 4 rings (SSSR count). The maximum absolute atomic E-state index is 13.2. The summed E-state index contributed by atoms with van der Waals surface area (Å²) >= 11 is 0. The van der Waals surface area contributed by atoms with E-state index < -0.39 is 11.6 Å². The van der Waals surface area contributed by atoms with Crippen LogP contribution in [0.5, 0.6) is 5.75 Å². The van der Waals surface area contributed by atoms with Gasteiger partial charge in [0.1, 0.15) is 28.7 Å². The number of hydrogen-bond donors (Lipinski definition) is 1. The number of rotatable bonds is 4. The fourth-order valence-electron chi connectivity index (χ4n) is 2.79. The number of fused-ring (bicyclic) bond motifs is 1. The summed E-state index contributed by atoms with van der Waals surface area (Å²) in [5.74, 6) is 0.794. The van der Waals surface area contributed by atoms with Crippen LogP contribution in [0.15, 0.2) is 59.6 Å². The second-order valence-electron chi connectivity index (χ2n) is 5.84. The highest BCUT2D eigenvalue weighted by Gasteiger charge is 2.18. The number of nitrogens with one attached hydrogen (secondary N) is 1. The van der Waals surface area contributed by atoms with Gasteiger partial charge in [-0.2, -0.15) is 0 Å². The number of para-hydroxylation sites is 1. The van der Waals surface area contributed by atoms with Crippen molar-refractivity contribution >= 4 is 28.3 Å². The molecule has 6 nitrogen and oxygen atoms in total. The van der Waals surface area contributed by atoms with Gasteiger partial charge in [-0.25, -0.2) is 14.4 Å². The molecule has 2 aromatic carbocycles. The number of benzene rings is 2.